The molecule has 5 rings (SSSR count). The maximum Gasteiger partial charge on any atom is 0.339 e. The molecule has 0 spiro atoms. The van der Waals surface area contributed by atoms with Crippen molar-refractivity contribution in [1.82, 2.24) is 9.21 Å². The molecule has 5 atom stereocenters. The molecule has 3 heterocycles. The average molecular weight is 645 g/mol. The van der Waals surface area contributed by atoms with Gasteiger partial charge in [0.25, 0.3) is 0 Å². The number of rotatable bonds is 6. The van der Waals surface area contributed by atoms with Gasteiger partial charge in [-0.25, -0.2) is 13.2 Å². The van der Waals surface area contributed by atoms with E-state index in [1.807, 2.05) is 4.90 Å². The van der Waals surface area contributed by atoms with Gasteiger partial charge in [0.1, 0.15) is 24.4 Å². The van der Waals surface area contributed by atoms with Gasteiger partial charge in [0.2, 0.25) is 15.8 Å². The van der Waals surface area contributed by atoms with Crippen molar-refractivity contribution in [3.05, 3.63) is 45.4 Å². The maximum absolute atomic E-state index is 13.2. The maximum atomic E-state index is 13.2. The largest absolute Gasteiger partial charge is 0.504 e. The standard InChI is InChI=1S/C25H29BrN2O11S/c1-37-23-18(30)14(10-27-6-8-28(9-7-27)40(35,36)13-4-2-12(26)3-5-13)16-17(20(23)32)22-24(39-25(16)34)21(33)19(31)15(11-29)38-22/h2-5,15,19,21-22,24,29-33H,6-11H2,1H3/t15-,19-,21+,22?,24?/m1/s1. The first kappa shape index (κ1) is 29.0. The molecule has 15 heteroatoms. The highest BCUT2D eigenvalue weighted by molar-refractivity contribution is 9.10. The summed E-state index contributed by atoms with van der Waals surface area (Å²) in [4.78, 5) is 15.2. The molecule has 0 saturated carbocycles. The van der Waals surface area contributed by atoms with Gasteiger partial charge in [-0.1, -0.05) is 15.9 Å². The van der Waals surface area contributed by atoms with Crippen molar-refractivity contribution in [1.29, 1.82) is 0 Å². The second kappa shape index (κ2) is 11.1. The summed E-state index contributed by atoms with van der Waals surface area (Å²) in [5.41, 5.74) is -0.240. The van der Waals surface area contributed by atoms with Gasteiger partial charge < -0.3 is 39.7 Å². The van der Waals surface area contributed by atoms with Crippen molar-refractivity contribution < 1.29 is 53.0 Å². The number of methoxy groups -OCH3 is 1. The molecule has 13 nitrogen and oxygen atoms in total. The monoisotopic (exact) mass is 644 g/mol. The Morgan fingerprint density at radius 3 is 2.30 bits per heavy atom. The van der Waals surface area contributed by atoms with Crippen molar-refractivity contribution in [2.75, 3.05) is 39.9 Å². The smallest absolute Gasteiger partial charge is 0.339 e. The Bertz CT molecular complexity index is 1400. The number of halogens is 1. The highest BCUT2D eigenvalue weighted by Crippen LogP contribution is 2.52. The first-order valence-electron chi connectivity index (χ1n) is 12.5. The molecule has 218 valence electrons. The predicted octanol–water partition coefficient (Wildman–Crippen LogP) is 0.0684. The number of ether oxygens (including phenoxy) is 3. The van der Waals surface area contributed by atoms with Gasteiger partial charge in [0.05, 0.1) is 24.2 Å². The van der Waals surface area contributed by atoms with E-state index in [1.165, 1.54) is 23.5 Å². The number of carbonyl (C=O) groups is 1. The van der Waals surface area contributed by atoms with Crippen LogP contribution in [0.4, 0.5) is 0 Å². The van der Waals surface area contributed by atoms with Crippen LogP contribution in [0.25, 0.3) is 0 Å². The molecule has 0 bridgehead atoms. The van der Waals surface area contributed by atoms with E-state index >= 15 is 0 Å². The van der Waals surface area contributed by atoms with E-state index in [1.54, 1.807) is 12.1 Å². The minimum Gasteiger partial charge on any atom is -0.504 e. The lowest BCUT2D eigenvalue weighted by molar-refractivity contribution is -0.235. The van der Waals surface area contributed by atoms with Crippen LogP contribution in [-0.4, -0.2) is 113 Å². The summed E-state index contributed by atoms with van der Waals surface area (Å²) in [6.45, 7) is 0.151. The minimum atomic E-state index is -3.73. The molecule has 0 aliphatic carbocycles. The van der Waals surface area contributed by atoms with Gasteiger partial charge in [0, 0.05) is 48.3 Å². The number of hydrogen-bond donors (Lipinski definition) is 5. The van der Waals surface area contributed by atoms with Crippen LogP contribution in [0.5, 0.6) is 17.2 Å². The van der Waals surface area contributed by atoms with E-state index in [9.17, 15) is 38.7 Å². The Balaban J connectivity index is 1.44. The Morgan fingerprint density at radius 2 is 1.70 bits per heavy atom. The van der Waals surface area contributed by atoms with E-state index < -0.39 is 64.6 Å². The van der Waals surface area contributed by atoms with Crippen LogP contribution in [0, 0.1) is 0 Å². The molecule has 2 aromatic rings. The fraction of sp³-hybridized carbons (Fsp3) is 0.480. The molecule has 0 amide bonds. The highest BCUT2D eigenvalue weighted by atomic mass is 79.9. The van der Waals surface area contributed by atoms with Crippen LogP contribution in [-0.2, 0) is 26.0 Å². The fourth-order valence-electron chi connectivity index (χ4n) is 5.37. The van der Waals surface area contributed by atoms with Gasteiger partial charge in [-0.05, 0) is 24.3 Å². The molecule has 2 saturated heterocycles. The normalized spacial score (nSPS) is 27.5. The van der Waals surface area contributed by atoms with Crippen LogP contribution >= 0.6 is 15.9 Å². The van der Waals surface area contributed by atoms with Crippen LogP contribution in [0.15, 0.2) is 33.6 Å². The van der Waals surface area contributed by atoms with Crippen molar-refractivity contribution in [3.8, 4) is 17.2 Å². The van der Waals surface area contributed by atoms with E-state index in [4.69, 9.17) is 14.2 Å². The van der Waals surface area contributed by atoms with Crippen molar-refractivity contribution in [3.63, 3.8) is 0 Å². The third kappa shape index (κ3) is 4.83. The molecule has 2 fully saturated rings. The lowest BCUT2D eigenvalue weighted by atomic mass is 9.84. The number of phenolic OH excluding ortho intramolecular Hbond substituents is 2. The quantitative estimate of drug-likeness (QED) is 0.267. The first-order chi connectivity index (χ1) is 19.0. The van der Waals surface area contributed by atoms with Crippen LogP contribution in [0.2, 0.25) is 0 Å². The van der Waals surface area contributed by atoms with Crippen molar-refractivity contribution in [2.45, 2.75) is 42.0 Å². The number of aliphatic hydroxyl groups excluding tert-OH is 3. The molecule has 5 N–H and O–H groups in total. The molecule has 2 aromatic carbocycles. The van der Waals surface area contributed by atoms with Crippen molar-refractivity contribution in [2.24, 2.45) is 0 Å². The number of aromatic hydroxyl groups is 2. The van der Waals surface area contributed by atoms with E-state index in [-0.39, 0.29) is 60.1 Å². The van der Waals surface area contributed by atoms with Gasteiger partial charge in [-0.3, -0.25) is 4.90 Å². The number of fused-ring (bicyclic) bond motifs is 3. The van der Waals surface area contributed by atoms with E-state index in [0.717, 1.165) is 4.47 Å². The van der Waals surface area contributed by atoms with Crippen LogP contribution < -0.4 is 4.74 Å². The number of aliphatic hydroxyl groups is 3. The van der Waals surface area contributed by atoms with E-state index in [2.05, 4.69) is 15.9 Å². The molecule has 3 aliphatic heterocycles. The predicted molar refractivity (Wildman–Crippen MR) is 140 cm³/mol. The summed E-state index contributed by atoms with van der Waals surface area (Å²) in [5.74, 6) is -2.40. The molecular weight excluding hydrogens is 616 g/mol. The van der Waals surface area contributed by atoms with Gasteiger partial charge in [-0.15, -0.1) is 0 Å². The number of carbonyl (C=O) groups excluding carboxylic acids is 1. The second-order valence-corrected chi connectivity index (χ2v) is 12.6. The number of phenols is 2. The molecule has 40 heavy (non-hydrogen) atoms. The van der Waals surface area contributed by atoms with Gasteiger partial charge in [0.15, 0.2) is 17.6 Å². The zero-order chi connectivity index (χ0) is 28.9. The lowest BCUT2D eigenvalue weighted by Crippen LogP contribution is -2.58. The Morgan fingerprint density at radius 1 is 1.05 bits per heavy atom. The molecular formula is C25H29BrN2O11S. The summed E-state index contributed by atoms with van der Waals surface area (Å²) in [6.07, 6.45) is -7.06. The summed E-state index contributed by atoms with van der Waals surface area (Å²) >= 11 is 3.29. The zero-order valence-corrected chi connectivity index (χ0v) is 23.7. The lowest BCUT2D eigenvalue weighted by Gasteiger charge is -2.45. The topological polar surface area (TPSA) is 187 Å². The fourth-order valence-corrected chi connectivity index (χ4v) is 7.06. The number of piperazine rings is 1. The Labute approximate surface area is 238 Å². The first-order valence-corrected chi connectivity index (χ1v) is 14.7. The third-order valence-corrected chi connectivity index (χ3v) is 9.95. The van der Waals surface area contributed by atoms with Crippen LogP contribution in [0.1, 0.15) is 27.6 Å². The number of esters is 1. The van der Waals surface area contributed by atoms with Gasteiger partial charge in [-0.2, -0.15) is 4.31 Å². The zero-order valence-electron chi connectivity index (χ0n) is 21.3. The van der Waals surface area contributed by atoms with Crippen LogP contribution in [0.3, 0.4) is 0 Å². The van der Waals surface area contributed by atoms with Gasteiger partial charge >= 0.3 is 5.97 Å². The Kier molecular flexibility index (Phi) is 8.02. The molecule has 0 radical (unpaired) electrons. The number of nitrogens with zero attached hydrogens (tertiary/aromatic N) is 2. The average Bonchev–Trinajstić information content (AvgIpc) is 2.93. The summed E-state index contributed by atoms with van der Waals surface area (Å²) in [7, 11) is -2.51. The highest BCUT2D eigenvalue weighted by Gasteiger charge is 2.53. The Hall–Kier alpha value is -2.50. The molecule has 0 aromatic heterocycles. The minimum absolute atomic E-state index is 0.0297. The SMILES string of the molecule is COc1c(O)c(CN2CCN(S(=O)(=O)c3ccc(Br)cc3)CC2)c2c(c1O)C1O[C@H](CO)[C@@H](O)[C@H](O)C1OC2=O. The van der Waals surface area contributed by atoms with E-state index in [0.29, 0.717) is 0 Å². The second-order valence-electron chi connectivity index (χ2n) is 9.76. The number of hydrogen-bond acceptors (Lipinski definition) is 12. The molecule has 2 unspecified atom stereocenters. The number of benzene rings is 2. The summed E-state index contributed by atoms with van der Waals surface area (Å²) in [6, 6.07) is 6.33. The third-order valence-electron chi connectivity index (χ3n) is 7.51. The number of sulfonamides is 1. The summed E-state index contributed by atoms with van der Waals surface area (Å²) in [5, 5.41) is 52.5. The van der Waals surface area contributed by atoms with Crippen molar-refractivity contribution >= 4 is 31.9 Å². The summed E-state index contributed by atoms with van der Waals surface area (Å²) < 4.78 is 44.6. The molecule has 3 aliphatic rings.